The van der Waals surface area contributed by atoms with E-state index in [1.54, 1.807) is 5.94 Å². The van der Waals surface area contributed by atoms with Crippen molar-refractivity contribution in [2.24, 2.45) is 5.92 Å². The Bertz CT molecular complexity index is 146. The zero-order valence-electron chi connectivity index (χ0n) is 4.39. The molecule has 0 bridgehead atoms. The van der Waals surface area contributed by atoms with Crippen LogP contribution in [0.2, 0.25) is 0 Å². The molecule has 0 aromatic heterocycles. The largest absolute Gasteiger partial charge is 0.303 e. The van der Waals surface area contributed by atoms with Gasteiger partial charge in [-0.2, -0.15) is 0 Å². The molecule has 0 spiro atoms. The Labute approximate surface area is 47.2 Å². The van der Waals surface area contributed by atoms with E-state index in [0.717, 1.165) is 11.9 Å². The summed E-state index contributed by atoms with van der Waals surface area (Å²) in [5.41, 5.74) is 0.752. The van der Waals surface area contributed by atoms with Crippen molar-refractivity contribution in [2.45, 2.75) is 12.8 Å². The second kappa shape index (κ2) is 1.93. The predicted octanol–water partition coefficient (Wildman–Crippen LogP) is 0.353. The van der Waals surface area contributed by atoms with E-state index >= 15 is 0 Å². The third-order valence-electron chi connectivity index (χ3n) is 1.35. The Morgan fingerprint density at radius 3 is 2.62 bits per heavy atom. The molecule has 0 heterocycles. The van der Waals surface area contributed by atoms with Gasteiger partial charge in [0.05, 0.1) is 0 Å². The van der Waals surface area contributed by atoms with Crippen molar-refractivity contribution in [3.8, 4) is 0 Å². The minimum absolute atomic E-state index is 0.117. The van der Waals surface area contributed by atoms with Gasteiger partial charge in [-0.25, -0.2) is 4.79 Å². The summed E-state index contributed by atoms with van der Waals surface area (Å²) in [5, 5.41) is 0. The lowest BCUT2D eigenvalue weighted by molar-refractivity contribution is -0.112. The highest BCUT2D eigenvalue weighted by atomic mass is 16.1. The van der Waals surface area contributed by atoms with Crippen molar-refractivity contribution in [3.05, 3.63) is 5.57 Å². The third-order valence-corrected chi connectivity index (χ3v) is 1.35. The van der Waals surface area contributed by atoms with Gasteiger partial charge < -0.3 is 4.79 Å². The van der Waals surface area contributed by atoms with E-state index in [-0.39, 0.29) is 5.92 Å². The second-order valence-electron chi connectivity index (χ2n) is 2.01. The fourth-order valence-electron chi connectivity index (χ4n) is 0.753. The van der Waals surface area contributed by atoms with Crippen LogP contribution in [0.1, 0.15) is 12.8 Å². The number of carbonyl (C=O) groups excluding carboxylic acids is 2. The minimum Gasteiger partial charge on any atom is -0.303 e. The number of allylic oxidation sites excluding steroid dienone is 1. The Balaban J connectivity index is 2.42. The van der Waals surface area contributed by atoms with Crippen molar-refractivity contribution >= 4 is 12.2 Å². The SMILES string of the molecule is O=C=C1CC(C=O)C1. The molecule has 0 radical (unpaired) electrons. The van der Waals surface area contributed by atoms with E-state index < -0.39 is 0 Å². The normalized spacial score (nSPS) is 26.0. The molecule has 1 saturated carbocycles. The highest BCUT2D eigenvalue weighted by molar-refractivity contribution is 5.64. The molecular weight excluding hydrogens is 104 g/mol. The molecule has 0 aromatic rings. The van der Waals surface area contributed by atoms with E-state index in [2.05, 4.69) is 0 Å². The lowest BCUT2D eigenvalue weighted by Crippen LogP contribution is -2.15. The van der Waals surface area contributed by atoms with Gasteiger partial charge in [-0.05, 0) is 12.8 Å². The van der Waals surface area contributed by atoms with Gasteiger partial charge in [0.2, 0.25) is 0 Å². The van der Waals surface area contributed by atoms with Crippen molar-refractivity contribution in [1.82, 2.24) is 0 Å². The molecule has 42 valence electrons. The first-order valence-corrected chi connectivity index (χ1v) is 2.55. The molecule has 2 heteroatoms. The van der Waals surface area contributed by atoms with Gasteiger partial charge in [0.1, 0.15) is 12.2 Å². The summed E-state index contributed by atoms with van der Waals surface area (Å²) >= 11 is 0. The summed E-state index contributed by atoms with van der Waals surface area (Å²) < 4.78 is 0. The van der Waals surface area contributed by atoms with Gasteiger partial charge in [-0.1, -0.05) is 0 Å². The van der Waals surface area contributed by atoms with Crippen molar-refractivity contribution in [2.75, 3.05) is 0 Å². The first-order chi connectivity index (χ1) is 3.86. The summed E-state index contributed by atoms with van der Waals surface area (Å²) in [6, 6.07) is 0. The summed E-state index contributed by atoms with van der Waals surface area (Å²) in [6.45, 7) is 0. The van der Waals surface area contributed by atoms with Crippen molar-refractivity contribution in [3.63, 3.8) is 0 Å². The highest BCUT2D eigenvalue weighted by Gasteiger charge is 2.22. The summed E-state index contributed by atoms with van der Waals surface area (Å²) in [4.78, 5) is 19.7. The molecule has 0 unspecified atom stereocenters. The van der Waals surface area contributed by atoms with Gasteiger partial charge in [-0.15, -0.1) is 0 Å². The molecule has 0 atom stereocenters. The average molecular weight is 110 g/mol. The zero-order chi connectivity index (χ0) is 5.98. The van der Waals surface area contributed by atoms with Crippen LogP contribution in [0.15, 0.2) is 5.57 Å². The Kier molecular flexibility index (Phi) is 1.27. The Morgan fingerprint density at radius 2 is 2.25 bits per heavy atom. The molecule has 0 N–H and O–H groups in total. The van der Waals surface area contributed by atoms with Crippen LogP contribution in [-0.2, 0) is 9.59 Å². The van der Waals surface area contributed by atoms with Gasteiger partial charge in [0, 0.05) is 11.5 Å². The molecule has 1 aliphatic rings. The lowest BCUT2D eigenvalue weighted by atomic mass is 9.82. The van der Waals surface area contributed by atoms with Crippen LogP contribution >= 0.6 is 0 Å². The predicted molar refractivity (Wildman–Crippen MR) is 28.0 cm³/mol. The topological polar surface area (TPSA) is 34.1 Å². The van der Waals surface area contributed by atoms with Crippen molar-refractivity contribution in [1.29, 1.82) is 0 Å². The smallest absolute Gasteiger partial charge is 0.123 e. The van der Waals surface area contributed by atoms with E-state index in [0.29, 0.717) is 12.8 Å². The molecule has 1 fully saturated rings. The fourth-order valence-corrected chi connectivity index (χ4v) is 0.753. The summed E-state index contributed by atoms with van der Waals surface area (Å²) in [6.07, 6.45) is 2.18. The second-order valence-corrected chi connectivity index (χ2v) is 2.01. The Hall–Kier alpha value is -0.880. The molecule has 0 aromatic carbocycles. The maximum absolute atomic E-state index is 9.91. The number of rotatable bonds is 1. The standard InChI is InChI=1S/C6H6O2/c7-3-5-1-6(2-5)4-8/h3,5H,1-2H2. The maximum atomic E-state index is 9.91. The Morgan fingerprint density at radius 1 is 1.62 bits per heavy atom. The van der Waals surface area contributed by atoms with E-state index in [1.807, 2.05) is 0 Å². The molecule has 8 heavy (non-hydrogen) atoms. The highest BCUT2D eigenvalue weighted by Crippen LogP contribution is 2.28. The number of carbonyl (C=O) groups is 1. The number of aldehydes is 1. The lowest BCUT2D eigenvalue weighted by Gasteiger charge is -2.19. The number of hydrogen-bond donors (Lipinski definition) is 0. The van der Waals surface area contributed by atoms with Crippen LogP contribution in [-0.4, -0.2) is 12.2 Å². The molecule has 1 aliphatic carbocycles. The fraction of sp³-hybridized carbons (Fsp3) is 0.500. The first-order valence-electron chi connectivity index (χ1n) is 2.55. The van der Waals surface area contributed by atoms with Crippen LogP contribution in [0.4, 0.5) is 0 Å². The molecule has 0 amide bonds. The minimum atomic E-state index is 0.117. The summed E-state index contributed by atoms with van der Waals surface area (Å²) in [5.74, 6) is 1.89. The number of hydrogen-bond acceptors (Lipinski definition) is 2. The van der Waals surface area contributed by atoms with E-state index in [4.69, 9.17) is 0 Å². The molecular formula is C6H6O2. The molecule has 0 aliphatic heterocycles. The van der Waals surface area contributed by atoms with E-state index in [1.165, 1.54) is 0 Å². The van der Waals surface area contributed by atoms with E-state index in [9.17, 15) is 9.59 Å². The molecule has 0 saturated heterocycles. The van der Waals surface area contributed by atoms with Crippen LogP contribution in [0.5, 0.6) is 0 Å². The monoisotopic (exact) mass is 110 g/mol. The van der Waals surface area contributed by atoms with Crippen LogP contribution in [0, 0.1) is 5.92 Å². The van der Waals surface area contributed by atoms with Gasteiger partial charge in [-0.3, -0.25) is 0 Å². The van der Waals surface area contributed by atoms with Crippen molar-refractivity contribution < 1.29 is 9.59 Å². The summed E-state index contributed by atoms with van der Waals surface area (Å²) in [7, 11) is 0. The average Bonchev–Trinajstić information content (AvgIpc) is 1.65. The first kappa shape index (κ1) is 5.26. The zero-order valence-corrected chi connectivity index (χ0v) is 4.39. The van der Waals surface area contributed by atoms with Gasteiger partial charge in [0.25, 0.3) is 0 Å². The van der Waals surface area contributed by atoms with Crippen LogP contribution in [0.25, 0.3) is 0 Å². The molecule has 2 nitrogen and oxygen atoms in total. The van der Waals surface area contributed by atoms with Gasteiger partial charge >= 0.3 is 0 Å². The third kappa shape index (κ3) is 0.703. The van der Waals surface area contributed by atoms with Gasteiger partial charge in [0.15, 0.2) is 0 Å². The molecule has 1 rings (SSSR count). The van der Waals surface area contributed by atoms with Crippen LogP contribution < -0.4 is 0 Å². The maximum Gasteiger partial charge on any atom is 0.123 e. The van der Waals surface area contributed by atoms with Crippen LogP contribution in [0.3, 0.4) is 0 Å². The quantitative estimate of drug-likeness (QED) is 0.360.